The molecule has 8 heteroatoms. The van der Waals surface area contributed by atoms with Gasteiger partial charge in [-0.1, -0.05) is 116 Å². The summed E-state index contributed by atoms with van der Waals surface area (Å²) in [6.45, 7) is 2.26. The van der Waals surface area contributed by atoms with Crippen molar-refractivity contribution >= 4 is 130 Å². The van der Waals surface area contributed by atoms with Crippen LogP contribution < -0.4 is 0 Å². The third kappa shape index (κ3) is 30.9. The molecule has 0 rings (SSSR count). The number of rotatable bonds is 20. The van der Waals surface area contributed by atoms with E-state index in [-0.39, 0.29) is 125 Å². The third-order valence-electron chi connectivity index (χ3n) is 5.19. The molecule has 0 saturated heterocycles. The first-order valence-electron chi connectivity index (χ1n) is 11.0. The Balaban J connectivity index is -0.000000521. The topological polar surface area (TPSA) is 74.6 Å². The van der Waals surface area contributed by atoms with Gasteiger partial charge >= 0.3 is 130 Å². The first-order chi connectivity index (χ1) is 12.6. The van der Waals surface area contributed by atoms with E-state index in [0.29, 0.717) is 6.42 Å². The molecule has 0 saturated carbocycles. The monoisotopic (exact) mass is 466 g/mol. The first kappa shape index (κ1) is 43.0. The molecule has 0 atom stereocenters. The second-order valence-electron chi connectivity index (χ2n) is 7.67. The van der Waals surface area contributed by atoms with Gasteiger partial charge in [0.05, 0.1) is 0 Å². The van der Waals surface area contributed by atoms with Crippen LogP contribution in [0.2, 0.25) is 0 Å². The minimum atomic E-state index is -1.23. The number of unbranched alkanes of at least 4 members (excludes halogenated alkanes) is 16. The molecule has 162 valence electrons. The molecular formula is C22H46Na4O4. The molecule has 0 heterocycles. The Morgan fingerprint density at radius 1 is 0.500 bits per heavy atom. The Morgan fingerprint density at radius 3 is 0.967 bits per heavy atom. The zero-order chi connectivity index (χ0) is 19.5. The fourth-order valence-corrected chi connectivity index (χ4v) is 3.43. The van der Waals surface area contributed by atoms with Crippen LogP contribution in [-0.4, -0.2) is 140 Å². The fourth-order valence-electron chi connectivity index (χ4n) is 3.43. The van der Waals surface area contributed by atoms with Crippen LogP contribution in [0.5, 0.6) is 0 Å². The first-order valence-corrected chi connectivity index (χ1v) is 11.0. The van der Waals surface area contributed by atoms with Gasteiger partial charge in [0, 0.05) is 0 Å². The standard InChI is InChI=1S/C22H42O4.4Na.4H/c1-2-3-4-5-6-7-8-9-10-11-12-13-14-15-16-17-18-19-20(21(23)24)22(25)26;;;;;;;;/h20H,2-19H2,1H3,(H,23,24)(H,25,26);;;;;;;;. The quantitative estimate of drug-likeness (QED) is 0.160. The fraction of sp³-hybridized carbons (Fsp3) is 0.909. The molecule has 0 amide bonds. The van der Waals surface area contributed by atoms with Gasteiger partial charge in [-0.3, -0.25) is 9.59 Å². The second-order valence-corrected chi connectivity index (χ2v) is 7.67. The SMILES string of the molecule is CCCCCCCCCCCCCCCCCCCC(C(=O)O)C(=O)O.[NaH].[NaH].[NaH].[NaH]. The van der Waals surface area contributed by atoms with Gasteiger partial charge in [0.15, 0.2) is 5.92 Å². The molecule has 0 aromatic rings. The van der Waals surface area contributed by atoms with E-state index in [1.54, 1.807) is 0 Å². The van der Waals surface area contributed by atoms with Gasteiger partial charge in [0.2, 0.25) is 0 Å². The molecule has 0 aliphatic rings. The summed E-state index contributed by atoms with van der Waals surface area (Å²) in [5.74, 6) is -3.66. The van der Waals surface area contributed by atoms with Crippen LogP contribution in [0, 0.1) is 5.92 Å². The van der Waals surface area contributed by atoms with Crippen molar-refractivity contribution in [3.8, 4) is 0 Å². The van der Waals surface area contributed by atoms with Crippen molar-refractivity contribution in [2.24, 2.45) is 5.92 Å². The van der Waals surface area contributed by atoms with Gasteiger partial charge in [-0.15, -0.1) is 0 Å². The zero-order valence-electron chi connectivity index (χ0n) is 17.0. The number of carbonyl (C=O) groups is 2. The summed E-state index contributed by atoms with van der Waals surface area (Å²) < 4.78 is 0. The molecule has 0 fully saturated rings. The summed E-state index contributed by atoms with van der Waals surface area (Å²) in [4.78, 5) is 21.5. The van der Waals surface area contributed by atoms with Crippen molar-refractivity contribution in [1.82, 2.24) is 0 Å². The summed E-state index contributed by atoms with van der Waals surface area (Å²) in [5.41, 5.74) is 0. The molecule has 0 aromatic heterocycles. The molecule has 0 aliphatic heterocycles. The molecular weight excluding hydrogens is 420 g/mol. The minimum absolute atomic E-state index is 0. The predicted molar refractivity (Wildman–Crippen MR) is 136 cm³/mol. The van der Waals surface area contributed by atoms with Gasteiger partial charge in [0.25, 0.3) is 0 Å². The number of aliphatic carboxylic acids is 2. The van der Waals surface area contributed by atoms with E-state index >= 15 is 0 Å². The zero-order valence-corrected chi connectivity index (χ0v) is 17.0. The molecule has 30 heavy (non-hydrogen) atoms. The molecule has 0 spiro atoms. The molecule has 0 aliphatic carbocycles. The summed E-state index contributed by atoms with van der Waals surface area (Å²) in [6.07, 6.45) is 21.9. The van der Waals surface area contributed by atoms with E-state index in [9.17, 15) is 9.59 Å². The average Bonchev–Trinajstić information content (AvgIpc) is 2.60. The van der Waals surface area contributed by atoms with Crippen molar-refractivity contribution in [1.29, 1.82) is 0 Å². The number of carboxylic acid groups (broad SMARTS) is 2. The summed E-state index contributed by atoms with van der Waals surface area (Å²) in [5, 5.41) is 17.6. The van der Waals surface area contributed by atoms with Crippen molar-refractivity contribution in [2.45, 2.75) is 122 Å². The van der Waals surface area contributed by atoms with Crippen molar-refractivity contribution in [2.75, 3.05) is 0 Å². The molecule has 2 N–H and O–H groups in total. The molecule has 4 nitrogen and oxygen atoms in total. The van der Waals surface area contributed by atoms with Crippen LogP contribution in [0.1, 0.15) is 122 Å². The predicted octanol–water partition coefficient (Wildman–Crippen LogP) is 4.22. The third-order valence-corrected chi connectivity index (χ3v) is 5.19. The Kier molecular flexibility index (Phi) is 48.9. The summed E-state index contributed by atoms with van der Waals surface area (Å²) in [6, 6.07) is 0. The second kappa shape index (κ2) is 34.1. The van der Waals surface area contributed by atoms with Gasteiger partial charge in [0.1, 0.15) is 0 Å². The van der Waals surface area contributed by atoms with Gasteiger partial charge in [-0.2, -0.15) is 0 Å². The molecule has 0 bridgehead atoms. The van der Waals surface area contributed by atoms with Crippen LogP contribution >= 0.6 is 0 Å². The normalized spacial score (nSPS) is 9.67. The number of carboxylic acids is 2. The average molecular weight is 467 g/mol. The number of hydrogen-bond acceptors (Lipinski definition) is 2. The van der Waals surface area contributed by atoms with Gasteiger partial charge in [-0.05, 0) is 6.42 Å². The van der Waals surface area contributed by atoms with Crippen molar-refractivity contribution in [3.05, 3.63) is 0 Å². The van der Waals surface area contributed by atoms with Gasteiger partial charge in [-0.25, -0.2) is 0 Å². The van der Waals surface area contributed by atoms with Crippen LogP contribution in [0.15, 0.2) is 0 Å². The van der Waals surface area contributed by atoms with Crippen LogP contribution in [0.25, 0.3) is 0 Å². The van der Waals surface area contributed by atoms with E-state index < -0.39 is 17.9 Å². The molecule has 0 unspecified atom stereocenters. The van der Waals surface area contributed by atoms with E-state index in [4.69, 9.17) is 10.2 Å². The summed E-state index contributed by atoms with van der Waals surface area (Å²) in [7, 11) is 0. The Labute approximate surface area is 274 Å². The van der Waals surface area contributed by atoms with Crippen molar-refractivity contribution in [3.63, 3.8) is 0 Å². The maximum absolute atomic E-state index is 10.8. The van der Waals surface area contributed by atoms with E-state index in [2.05, 4.69) is 6.92 Å². The Bertz CT molecular complexity index is 344. The summed E-state index contributed by atoms with van der Waals surface area (Å²) >= 11 is 0. The van der Waals surface area contributed by atoms with Crippen LogP contribution in [-0.2, 0) is 9.59 Å². The molecule has 0 aromatic carbocycles. The van der Waals surface area contributed by atoms with E-state index in [1.807, 2.05) is 0 Å². The Hall–Kier alpha value is 2.94. The molecule has 0 radical (unpaired) electrons. The van der Waals surface area contributed by atoms with Gasteiger partial charge < -0.3 is 10.2 Å². The van der Waals surface area contributed by atoms with E-state index in [0.717, 1.165) is 12.8 Å². The van der Waals surface area contributed by atoms with Crippen LogP contribution in [0.3, 0.4) is 0 Å². The van der Waals surface area contributed by atoms with Crippen LogP contribution in [0.4, 0.5) is 0 Å². The maximum atomic E-state index is 10.8. The number of hydrogen-bond donors (Lipinski definition) is 2. The van der Waals surface area contributed by atoms with Crippen molar-refractivity contribution < 1.29 is 19.8 Å². The van der Waals surface area contributed by atoms with E-state index in [1.165, 1.54) is 89.9 Å². The Morgan fingerprint density at radius 2 is 0.733 bits per heavy atom.